The molecule has 1 aromatic carbocycles. The van der Waals surface area contributed by atoms with Crippen molar-refractivity contribution >= 4 is 34.7 Å². The van der Waals surface area contributed by atoms with Crippen LogP contribution in [0, 0.1) is 11.6 Å². The molecule has 5 nitrogen and oxygen atoms in total. The molecule has 1 atom stereocenters. The molecule has 0 saturated heterocycles. The third-order valence-electron chi connectivity index (χ3n) is 2.97. The Hall–Kier alpha value is -2.26. The lowest BCUT2D eigenvalue weighted by Crippen LogP contribution is -2.23. The van der Waals surface area contributed by atoms with Crippen molar-refractivity contribution in [1.29, 1.82) is 0 Å². The number of aromatic nitrogens is 2. The van der Waals surface area contributed by atoms with Crippen LogP contribution in [0.2, 0.25) is 0 Å². The molecule has 0 fully saturated rings. The topological polar surface area (TPSA) is 68.0 Å². The molecule has 1 N–H and O–H groups in total. The van der Waals surface area contributed by atoms with Crippen LogP contribution in [0.15, 0.2) is 45.4 Å². The fourth-order valence-electron chi connectivity index (χ4n) is 1.79. The number of nitrogens with one attached hydrogen (secondary N) is 1. The number of hydrogen-bond donors (Lipinski definition) is 1. The van der Waals surface area contributed by atoms with Gasteiger partial charge >= 0.3 is 0 Å². The molecular weight excluding hydrogens is 356 g/mol. The first-order chi connectivity index (χ1) is 11.5. The van der Waals surface area contributed by atoms with Crippen molar-refractivity contribution in [3.8, 4) is 10.8 Å². The fourth-order valence-corrected chi connectivity index (χ4v) is 3.12. The molecule has 2 aromatic heterocycles. The summed E-state index contributed by atoms with van der Waals surface area (Å²) in [6, 6.07) is 6.56. The van der Waals surface area contributed by atoms with E-state index in [1.807, 2.05) is 17.5 Å². The number of thioether (sulfide) groups is 1. The number of carbonyl (C=O) groups is 1. The Morgan fingerprint density at radius 1 is 1.33 bits per heavy atom. The van der Waals surface area contributed by atoms with Gasteiger partial charge in [-0.15, -0.1) is 21.5 Å². The summed E-state index contributed by atoms with van der Waals surface area (Å²) in [7, 11) is 0. The summed E-state index contributed by atoms with van der Waals surface area (Å²) < 4.78 is 32.2. The molecular formula is C15H11F2N3O2S2. The highest BCUT2D eigenvalue weighted by molar-refractivity contribution is 8.00. The second-order valence-electron chi connectivity index (χ2n) is 4.72. The summed E-state index contributed by atoms with van der Waals surface area (Å²) in [4.78, 5) is 12.9. The molecule has 9 heteroatoms. The Bertz CT molecular complexity index is 852. The van der Waals surface area contributed by atoms with Crippen LogP contribution < -0.4 is 5.32 Å². The van der Waals surface area contributed by atoms with E-state index < -0.39 is 22.8 Å². The van der Waals surface area contributed by atoms with Crippen LogP contribution in [-0.2, 0) is 4.79 Å². The van der Waals surface area contributed by atoms with Crippen LogP contribution in [-0.4, -0.2) is 21.4 Å². The Morgan fingerprint density at radius 2 is 2.17 bits per heavy atom. The molecule has 2 heterocycles. The van der Waals surface area contributed by atoms with Gasteiger partial charge in [-0.2, -0.15) is 0 Å². The lowest BCUT2D eigenvalue weighted by atomic mass is 10.3. The Morgan fingerprint density at radius 3 is 2.92 bits per heavy atom. The average Bonchev–Trinajstić information content (AvgIpc) is 3.21. The monoisotopic (exact) mass is 367 g/mol. The number of benzene rings is 1. The zero-order valence-electron chi connectivity index (χ0n) is 12.3. The van der Waals surface area contributed by atoms with E-state index >= 15 is 0 Å². The first-order valence-electron chi connectivity index (χ1n) is 6.83. The molecule has 0 bridgehead atoms. The standard InChI is InChI=1S/C15H11F2N3O2S2/c1-8(13(21)18-11-7-9(16)4-5-10(11)17)24-15-20-19-14(22-15)12-3-2-6-23-12/h2-8H,1H3,(H,18,21). The summed E-state index contributed by atoms with van der Waals surface area (Å²) >= 11 is 2.49. The van der Waals surface area contributed by atoms with Gasteiger partial charge in [-0.3, -0.25) is 4.79 Å². The maximum absolute atomic E-state index is 13.6. The van der Waals surface area contributed by atoms with Crippen LogP contribution in [0.5, 0.6) is 0 Å². The highest BCUT2D eigenvalue weighted by Crippen LogP contribution is 2.29. The fraction of sp³-hybridized carbons (Fsp3) is 0.133. The third kappa shape index (κ3) is 3.80. The molecule has 0 aliphatic carbocycles. The maximum Gasteiger partial charge on any atom is 0.277 e. The van der Waals surface area contributed by atoms with E-state index in [0.29, 0.717) is 5.89 Å². The predicted molar refractivity (Wildman–Crippen MR) is 87.9 cm³/mol. The molecule has 1 amide bonds. The third-order valence-corrected chi connectivity index (χ3v) is 4.76. The largest absolute Gasteiger partial charge is 0.410 e. The van der Waals surface area contributed by atoms with Gasteiger partial charge < -0.3 is 9.73 Å². The van der Waals surface area contributed by atoms with Crippen molar-refractivity contribution in [3.63, 3.8) is 0 Å². The molecule has 3 rings (SSSR count). The van der Waals surface area contributed by atoms with Gasteiger partial charge in [0.25, 0.3) is 11.1 Å². The average molecular weight is 367 g/mol. The van der Waals surface area contributed by atoms with E-state index in [0.717, 1.165) is 34.8 Å². The normalized spacial score (nSPS) is 12.1. The van der Waals surface area contributed by atoms with Crippen LogP contribution in [0.25, 0.3) is 10.8 Å². The van der Waals surface area contributed by atoms with Gasteiger partial charge in [-0.25, -0.2) is 8.78 Å². The van der Waals surface area contributed by atoms with Gasteiger partial charge in [0.15, 0.2) is 0 Å². The van der Waals surface area contributed by atoms with E-state index in [4.69, 9.17) is 4.42 Å². The van der Waals surface area contributed by atoms with Crippen molar-refractivity contribution in [2.45, 2.75) is 17.4 Å². The van der Waals surface area contributed by atoms with Crippen LogP contribution in [0.3, 0.4) is 0 Å². The lowest BCUT2D eigenvalue weighted by molar-refractivity contribution is -0.115. The molecule has 24 heavy (non-hydrogen) atoms. The molecule has 0 aliphatic heterocycles. The summed E-state index contributed by atoms with van der Waals surface area (Å²) in [6.07, 6.45) is 0. The van der Waals surface area contributed by atoms with Crippen LogP contribution in [0.4, 0.5) is 14.5 Å². The van der Waals surface area contributed by atoms with Crippen molar-refractivity contribution < 1.29 is 18.0 Å². The second kappa shape index (κ2) is 7.10. The number of thiophene rings is 1. The van der Waals surface area contributed by atoms with E-state index in [-0.39, 0.29) is 10.9 Å². The zero-order valence-corrected chi connectivity index (χ0v) is 14.0. The Kier molecular flexibility index (Phi) is 4.91. The minimum Gasteiger partial charge on any atom is -0.410 e. The number of hydrogen-bond acceptors (Lipinski definition) is 6. The molecule has 0 radical (unpaired) electrons. The van der Waals surface area contributed by atoms with Gasteiger partial charge in [-0.05, 0) is 30.5 Å². The Balaban J connectivity index is 1.65. The number of amides is 1. The van der Waals surface area contributed by atoms with Gasteiger partial charge in [0.2, 0.25) is 5.91 Å². The van der Waals surface area contributed by atoms with E-state index in [9.17, 15) is 13.6 Å². The minimum absolute atomic E-state index is 0.211. The van der Waals surface area contributed by atoms with Gasteiger partial charge in [0.05, 0.1) is 15.8 Å². The highest BCUT2D eigenvalue weighted by Gasteiger charge is 2.20. The number of halogens is 2. The number of nitrogens with zero attached hydrogens (tertiary/aromatic N) is 2. The van der Waals surface area contributed by atoms with Gasteiger partial charge in [0, 0.05) is 6.07 Å². The van der Waals surface area contributed by atoms with Crippen molar-refractivity contribution in [2.75, 3.05) is 5.32 Å². The molecule has 3 aromatic rings. The summed E-state index contributed by atoms with van der Waals surface area (Å²) in [5, 5.41) is 11.6. The quantitative estimate of drug-likeness (QED) is 0.685. The van der Waals surface area contributed by atoms with Gasteiger partial charge in [-0.1, -0.05) is 17.8 Å². The molecule has 124 valence electrons. The first kappa shape index (κ1) is 16.6. The maximum atomic E-state index is 13.6. The van der Waals surface area contributed by atoms with Crippen LogP contribution >= 0.6 is 23.1 Å². The highest BCUT2D eigenvalue weighted by atomic mass is 32.2. The van der Waals surface area contributed by atoms with Crippen LogP contribution in [0.1, 0.15) is 6.92 Å². The van der Waals surface area contributed by atoms with Crippen molar-refractivity contribution in [2.24, 2.45) is 0 Å². The summed E-state index contributed by atoms with van der Waals surface area (Å²) in [5.74, 6) is -1.47. The Labute approximate surface area is 144 Å². The smallest absolute Gasteiger partial charge is 0.277 e. The molecule has 0 aliphatic rings. The van der Waals surface area contributed by atoms with E-state index in [1.165, 1.54) is 11.3 Å². The number of rotatable bonds is 5. The predicted octanol–water partition coefficient (Wildman–Crippen LogP) is 4.20. The molecule has 1 unspecified atom stereocenters. The van der Waals surface area contributed by atoms with E-state index in [2.05, 4.69) is 15.5 Å². The second-order valence-corrected chi connectivity index (χ2v) is 6.96. The number of anilines is 1. The first-order valence-corrected chi connectivity index (χ1v) is 8.59. The van der Waals surface area contributed by atoms with E-state index in [1.54, 1.807) is 6.92 Å². The lowest BCUT2D eigenvalue weighted by Gasteiger charge is -2.10. The van der Waals surface area contributed by atoms with Crippen molar-refractivity contribution in [1.82, 2.24) is 10.2 Å². The minimum atomic E-state index is -0.709. The van der Waals surface area contributed by atoms with Crippen molar-refractivity contribution in [3.05, 3.63) is 47.3 Å². The summed E-state index contributed by atoms with van der Waals surface area (Å²) in [6.45, 7) is 1.60. The summed E-state index contributed by atoms with van der Waals surface area (Å²) in [5.41, 5.74) is -0.211. The number of carbonyl (C=O) groups excluding carboxylic acids is 1. The van der Waals surface area contributed by atoms with Gasteiger partial charge in [0.1, 0.15) is 11.6 Å². The molecule has 0 spiro atoms. The molecule has 0 saturated carbocycles. The SMILES string of the molecule is CC(Sc1nnc(-c2cccs2)o1)C(=O)Nc1cc(F)ccc1F. The zero-order chi connectivity index (χ0) is 17.1.